The minimum atomic E-state index is -0.520. The third kappa shape index (κ3) is 2.54. The molecule has 0 radical (unpaired) electrons. The van der Waals surface area contributed by atoms with Gasteiger partial charge < -0.3 is 15.1 Å². The molecule has 0 aromatic heterocycles. The molecule has 1 atom stereocenters. The molecule has 2 aliphatic heterocycles. The number of amides is 2. The van der Waals surface area contributed by atoms with E-state index in [0.29, 0.717) is 19.6 Å². The number of nitrogens with zero attached hydrogens (tertiary/aromatic N) is 3. The quantitative estimate of drug-likeness (QED) is 0.748. The van der Waals surface area contributed by atoms with Crippen LogP contribution >= 0.6 is 0 Å². The lowest BCUT2D eigenvalue weighted by Gasteiger charge is -2.48. The van der Waals surface area contributed by atoms with Gasteiger partial charge in [0.05, 0.1) is 6.54 Å². The van der Waals surface area contributed by atoms with Crippen molar-refractivity contribution in [3.63, 3.8) is 0 Å². The zero-order chi connectivity index (χ0) is 14.9. The minimum absolute atomic E-state index is 0.0575. The second-order valence-electron chi connectivity index (χ2n) is 6.26. The number of carbonyl (C=O) groups excluding carboxylic acids is 2. The SMILES string of the molecule is CC(C)N1CCN(CC(=O)N(C)C)C2(CCNC2)C1=O. The Hall–Kier alpha value is -1.14. The van der Waals surface area contributed by atoms with Crippen LogP contribution in [-0.4, -0.2) is 84.9 Å². The lowest BCUT2D eigenvalue weighted by Crippen LogP contribution is -2.69. The largest absolute Gasteiger partial charge is 0.348 e. The Balaban J connectivity index is 2.20. The normalized spacial score (nSPS) is 27.6. The third-order valence-corrected chi connectivity index (χ3v) is 4.46. The number of hydrogen-bond acceptors (Lipinski definition) is 4. The van der Waals surface area contributed by atoms with E-state index in [1.165, 1.54) is 0 Å². The van der Waals surface area contributed by atoms with E-state index < -0.39 is 5.54 Å². The Morgan fingerprint density at radius 2 is 2.10 bits per heavy atom. The van der Waals surface area contributed by atoms with Crippen LogP contribution in [-0.2, 0) is 9.59 Å². The third-order valence-electron chi connectivity index (χ3n) is 4.46. The van der Waals surface area contributed by atoms with Crippen molar-refractivity contribution < 1.29 is 9.59 Å². The van der Waals surface area contributed by atoms with Crippen LogP contribution in [0, 0.1) is 0 Å². The highest BCUT2D eigenvalue weighted by molar-refractivity contribution is 5.89. The van der Waals surface area contributed by atoms with Gasteiger partial charge in [0, 0.05) is 39.8 Å². The summed E-state index contributed by atoms with van der Waals surface area (Å²) < 4.78 is 0. The highest BCUT2D eigenvalue weighted by atomic mass is 16.2. The number of carbonyl (C=O) groups is 2. The van der Waals surface area contributed by atoms with Crippen molar-refractivity contribution in [1.82, 2.24) is 20.0 Å². The van der Waals surface area contributed by atoms with Crippen molar-refractivity contribution >= 4 is 11.8 Å². The van der Waals surface area contributed by atoms with Gasteiger partial charge in [0.25, 0.3) is 0 Å². The second kappa shape index (κ2) is 5.69. The average Bonchev–Trinajstić information content (AvgIpc) is 2.85. The molecule has 2 saturated heterocycles. The molecule has 2 fully saturated rings. The fraction of sp³-hybridized carbons (Fsp3) is 0.857. The molecule has 0 bridgehead atoms. The van der Waals surface area contributed by atoms with Gasteiger partial charge in [0.1, 0.15) is 5.54 Å². The van der Waals surface area contributed by atoms with Gasteiger partial charge in [-0.2, -0.15) is 0 Å². The van der Waals surface area contributed by atoms with Crippen LogP contribution in [0.5, 0.6) is 0 Å². The van der Waals surface area contributed by atoms with Gasteiger partial charge in [-0.05, 0) is 26.8 Å². The predicted octanol–water partition coefficient (Wildman–Crippen LogP) is -0.641. The first-order chi connectivity index (χ1) is 9.38. The molecule has 6 heteroatoms. The van der Waals surface area contributed by atoms with Crippen molar-refractivity contribution in [2.24, 2.45) is 0 Å². The Bertz CT molecular complexity index is 389. The van der Waals surface area contributed by atoms with Gasteiger partial charge in [-0.15, -0.1) is 0 Å². The van der Waals surface area contributed by atoms with Crippen molar-refractivity contribution in [2.75, 3.05) is 46.8 Å². The summed E-state index contributed by atoms with van der Waals surface area (Å²) in [5.74, 6) is 0.234. The molecule has 2 aliphatic rings. The number of nitrogens with one attached hydrogen (secondary N) is 1. The summed E-state index contributed by atoms with van der Waals surface area (Å²) in [7, 11) is 3.52. The predicted molar refractivity (Wildman–Crippen MR) is 77.3 cm³/mol. The van der Waals surface area contributed by atoms with E-state index in [1.807, 2.05) is 4.90 Å². The van der Waals surface area contributed by atoms with Gasteiger partial charge in [0.2, 0.25) is 11.8 Å². The number of piperazine rings is 1. The molecule has 0 saturated carbocycles. The van der Waals surface area contributed by atoms with Crippen LogP contribution in [0.25, 0.3) is 0 Å². The summed E-state index contributed by atoms with van der Waals surface area (Å²) >= 11 is 0. The molecule has 1 unspecified atom stereocenters. The Labute approximate surface area is 121 Å². The molecule has 20 heavy (non-hydrogen) atoms. The average molecular weight is 282 g/mol. The molecule has 2 rings (SSSR count). The van der Waals surface area contributed by atoms with E-state index in [9.17, 15) is 9.59 Å². The summed E-state index contributed by atoms with van der Waals surface area (Å²) in [5, 5.41) is 3.29. The fourth-order valence-electron chi connectivity index (χ4n) is 3.11. The van der Waals surface area contributed by atoms with Crippen LogP contribution in [0.1, 0.15) is 20.3 Å². The summed E-state index contributed by atoms with van der Waals surface area (Å²) in [6.07, 6.45) is 0.787. The van der Waals surface area contributed by atoms with Gasteiger partial charge in [-0.25, -0.2) is 0 Å². The van der Waals surface area contributed by atoms with Crippen LogP contribution in [0.2, 0.25) is 0 Å². The van der Waals surface area contributed by atoms with E-state index in [4.69, 9.17) is 0 Å². The molecule has 2 heterocycles. The van der Waals surface area contributed by atoms with E-state index >= 15 is 0 Å². The summed E-state index contributed by atoms with van der Waals surface area (Å²) in [6.45, 7) is 7.39. The van der Waals surface area contributed by atoms with Crippen LogP contribution in [0.15, 0.2) is 0 Å². The standard InChI is InChI=1S/C14H26N4O2/c1-11(2)18-8-7-17(9-12(19)16(3)4)14(13(18)20)5-6-15-10-14/h11,15H,5-10H2,1-4H3. The zero-order valence-corrected chi connectivity index (χ0v) is 13.0. The first-order valence-corrected chi connectivity index (χ1v) is 7.35. The monoisotopic (exact) mass is 282 g/mol. The molecule has 2 amide bonds. The van der Waals surface area contributed by atoms with Crippen molar-refractivity contribution in [3.05, 3.63) is 0 Å². The fourth-order valence-corrected chi connectivity index (χ4v) is 3.11. The Kier molecular flexibility index (Phi) is 4.34. The summed E-state index contributed by atoms with van der Waals surface area (Å²) in [5.41, 5.74) is -0.520. The Morgan fingerprint density at radius 3 is 2.60 bits per heavy atom. The maximum atomic E-state index is 12.9. The molecule has 0 aromatic carbocycles. The minimum Gasteiger partial charge on any atom is -0.348 e. The number of hydrogen-bond donors (Lipinski definition) is 1. The lowest BCUT2D eigenvalue weighted by atomic mass is 9.90. The topological polar surface area (TPSA) is 55.9 Å². The maximum absolute atomic E-state index is 12.9. The lowest BCUT2D eigenvalue weighted by molar-refractivity contribution is -0.154. The molecular weight excluding hydrogens is 256 g/mol. The van der Waals surface area contributed by atoms with E-state index in [0.717, 1.165) is 19.5 Å². The molecule has 6 nitrogen and oxygen atoms in total. The van der Waals surface area contributed by atoms with Gasteiger partial charge in [-0.3, -0.25) is 14.5 Å². The molecule has 0 aromatic rings. The number of rotatable bonds is 3. The molecule has 1 N–H and O–H groups in total. The van der Waals surface area contributed by atoms with Crippen LogP contribution < -0.4 is 5.32 Å². The Morgan fingerprint density at radius 1 is 1.40 bits per heavy atom. The van der Waals surface area contributed by atoms with E-state index in [2.05, 4.69) is 24.1 Å². The summed E-state index contributed by atoms with van der Waals surface area (Å²) in [6, 6.07) is 0.215. The van der Waals surface area contributed by atoms with E-state index in [-0.39, 0.29) is 17.9 Å². The van der Waals surface area contributed by atoms with Crippen molar-refractivity contribution in [2.45, 2.75) is 31.8 Å². The maximum Gasteiger partial charge on any atom is 0.244 e. The zero-order valence-electron chi connectivity index (χ0n) is 13.0. The smallest absolute Gasteiger partial charge is 0.244 e. The molecule has 114 valence electrons. The van der Waals surface area contributed by atoms with Gasteiger partial charge >= 0.3 is 0 Å². The van der Waals surface area contributed by atoms with Crippen LogP contribution in [0.4, 0.5) is 0 Å². The van der Waals surface area contributed by atoms with Gasteiger partial charge in [0.15, 0.2) is 0 Å². The second-order valence-corrected chi connectivity index (χ2v) is 6.26. The molecule has 0 aliphatic carbocycles. The first kappa shape index (κ1) is 15.3. The van der Waals surface area contributed by atoms with E-state index in [1.54, 1.807) is 19.0 Å². The molecule has 1 spiro atoms. The molecular formula is C14H26N4O2. The van der Waals surface area contributed by atoms with Crippen molar-refractivity contribution in [1.29, 1.82) is 0 Å². The number of likely N-dealkylation sites (N-methyl/N-ethyl adjacent to an activating group) is 1. The first-order valence-electron chi connectivity index (χ1n) is 7.35. The van der Waals surface area contributed by atoms with Crippen molar-refractivity contribution in [3.8, 4) is 0 Å². The summed E-state index contributed by atoms with van der Waals surface area (Å²) in [4.78, 5) is 30.5. The highest BCUT2D eigenvalue weighted by Gasteiger charge is 2.51. The highest BCUT2D eigenvalue weighted by Crippen LogP contribution is 2.30. The van der Waals surface area contributed by atoms with Gasteiger partial charge in [-0.1, -0.05) is 0 Å². The van der Waals surface area contributed by atoms with Crippen LogP contribution in [0.3, 0.4) is 0 Å².